The fraction of sp³-hybridized carbons (Fsp3) is 0.158. The first kappa shape index (κ1) is 13.5. The van der Waals surface area contributed by atoms with Crippen LogP contribution in [0.1, 0.15) is 23.6 Å². The summed E-state index contributed by atoms with van der Waals surface area (Å²) in [6, 6.07) is 10.8. The summed E-state index contributed by atoms with van der Waals surface area (Å²) in [6.07, 6.45) is 1.65. The standard InChI is InChI=1S/C19H15ClO2/c1-2-13-16-9-12(22)4-6-15(16)19(20)18-14-5-3-11(21)7-10(14)8-17(13)18/h3-7,9,21-22H,2,8H2,1H3. The molecule has 0 saturated carbocycles. The van der Waals surface area contributed by atoms with E-state index in [0.29, 0.717) is 0 Å². The Morgan fingerprint density at radius 2 is 1.73 bits per heavy atom. The first-order valence-corrected chi connectivity index (χ1v) is 7.76. The molecule has 110 valence electrons. The zero-order chi connectivity index (χ0) is 15.4. The van der Waals surface area contributed by atoms with Crippen LogP contribution in [0.3, 0.4) is 0 Å². The van der Waals surface area contributed by atoms with E-state index in [-0.39, 0.29) is 11.5 Å². The first-order chi connectivity index (χ1) is 10.6. The highest BCUT2D eigenvalue weighted by molar-refractivity contribution is 6.39. The Morgan fingerprint density at radius 1 is 1.00 bits per heavy atom. The molecule has 0 unspecified atom stereocenters. The van der Waals surface area contributed by atoms with Gasteiger partial charge in [0.1, 0.15) is 11.5 Å². The van der Waals surface area contributed by atoms with Gasteiger partial charge >= 0.3 is 0 Å². The van der Waals surface area contributed by atoms with Crippen molar-refractivity contribution in [3.05, 3.63) is 58.1 Å². The lowest BCUT2D eigenvalue weighted by atomic mass is 9.92. The third-order valence-corrected chi connectivity index (χ3v) is 4.92. The van der Waals surface area contributed by atoms with E-state index in [1.165, 1.54) is 11.1 Å². The van der Waals surface area contributed by atoms with Gasteiger partial charge in [-0.15, -0.1) is 0 Å². The number of phenolic OH excluding ortho intramolecular Hbond substituents is 2. The zero-order valence-electron chi connectivity index (χ0n) is 12.2. The van der Waals surface area contributed by atoms with E-state index in [1.54, 1.807) is 18.2 Å². The number of rotatable bonds is 1. The van der Waals surface area contributed by atoms with Crippen LogP contribution in [0.25, 0.3) is 21.9 Å². The minimum Gasteiger partial charge on any atom is -0.508 e. The Kier molecular flexibility index (Phi) is 2.85. The van der Waals surface area contributed by atoms with Crippen LogP contribution in [0.5, 0.6) is 11.5 Å². The molecule has 0 saturated heterocycles. The molecular weight excluding hydrogens is 296 g/mol. The molecule has 0 atom stereocenters. The molecule has 3 heteroatoms. The molecule has 1 aliphatic carbocycles. The highest BCUT2D eigenvalue weighted by atomic mass is 35.5. The lowest BCUT2D eigenvalue weighted by Gasteiger charge is -2.14. The van der Waals surface area contributed by atoms with Gasteiger partial charge in [0.25, 0.3) is 0 Å². The molecule has 0 fully saturated rings. The number of aromatic hydroxyl groups is 2. The second-order valence-electron chi connectivity index (χ2n) is 5.75. The highest BCUT2D eigenvalue weighted by Gasteiger charge is 2.26. The van der Waals surface area contributed by atoms with Gasteiger partial charge in [-0.25, -0.2) is 0 Å². The summed E-state index contributed by atoms with van der Waals surface area (Å²) in [7, 11) is 0. The van der Waals surface area contributed by atoms with Crippen molar-refractivity contribution < 1.29 is 10.2 Å². The highest BCUT2D eigenvalue weighted by Crippen LogP contribution is 2.48. The van der Waals surface area contributed by atoms with Gasteiger partial charge in [0.15, 0.2) is 0 Å². The molecule has 3 aromatic carbocycles. The van der Waals surface area contributed by atoms with E-state index >= 15 is 0 Å². The molecular formula is C19H15ClO2. The Bertz CT molecular complexity index is 929. The van der Waals surface area contributed by atoms with Crippen molar-refractivity contribution in [2.45, 2.75) is 19.8 Å². The second-order valence-corrected chi connectivity index (χ2v) is 6.13. The molecule has 0 radical (unpaired) electrons. The molecule has 0 spiro atoms. The molecule has 3 aromatic rings. The predicted octanol–water partition coefficient (Wildman–Crippen LogP) is 5.04. The lowest BCUT2D eigenvalue weighted by molar-refractivity contribution is 0.474. The van der Waals surface area contributed by atoms with Gasteiger partial charge in [-0.2, -0.15) is 0 Å². The topological polar surface area (TPSA) is 40.5 Å². The molecule has 0 heterocycles. The van der Waals surface area contributed by atoms with Crippen molar-refractivity contribution in [1.82, 2.24) is 0 Å². The Hall–Kier alpha value is -2.19. The number of hydrogen-bond donors (Lipinski definition) is 2. The van der Waals surface area contributed by atoms with Crippen molar-refractivity contribution in [1.29, 1.82) is 0 Å². The molecule has 0 aliphatic heterocycles. The van der Waals surface area contributed by atoms with Crippen molar-refractivity contribution >= 4 is 22.4 Å². The molecule has 4 rings (SSSR count). The van der Waals surface area contributed by atoms with Crippen molar-refractivity contribution in [3.63, 3.8) is 0 Å². The number of fused-ring (bicyclic) bond motifs is 4. The maximum atomic E-state index is 9.82. The average molecular weight is 311 g/mol. The smallest absolute Gasteiger partial charge is 0.116 e. The van der Waals surface area contributed by atoms with E-state index < -0.39 is 0 Å². The zero-order valence-corrected chi connectivity index (χ0v) is 12.9. The van der Waals surface area contributed by atoms with E-state index in [0.717, 1.165) is 45.3 Å². The summed E-state index contributed by atoms with van der Waals surface area (Å²) < 4.78 is 0. The lowest BCUT2D eigenvalue weighted by Crippen LogP contribution is -1.94. The monoisotopic (exact) mass is 310 g/mol. The van der Waals surface area contributed by atoms with E-state index in [1.807, 2.05) is 18.2 Å². The van der Waals surface area contributed by atoms with E-state index in [9.17, 15) is 10.2 Å². The van der Waals surface area contributed by atoms with Crippen LogP contribution in [0.15, 0.2) is 36.4 Å². The van der Waals surface area contributed by atoms with Crippen LogP contribution in [0.2, 0.25) is 5.02 Å². The summed E-state index contributed by atoms with van der Waals surface area (Å²) in [5.74, 6) is 0.536. The number of benzene rings is 3. The van der Waals surface area contributed by atoms with Gasteiger partial charge in [-0.1, -0.05) is 24.6 Å². The number of hydrogen-bond acceptors (Lipinski definition) is 2. The third-order valence-electron chi connectivity index (χ3n) is 4.53. The molecule has 1 aliphatic rings. The quantitative estimate of drug-likeness (QED) is 0.517. The number of phenols is 2. The van der Waals surface area contributed by atoms with Crippen LogP contribution in [-0.4, -0.2) is 10.2 Å². The van der Waals surface area contributed by atoms with E-state index in [4.69, 9.17) is 11.6 Å². The number of aryl methyl sites for hydroxylation is 1. The predicted molar refractivity (Wildman–Crippen MR) is 89.9 cm³/mol. The summed E-state index contributed by atoms with van der Waals surface area (Å²) in [5, 5.41) is 22.3. The van der Waals surface area contributed by atoms with Gasteiger partial charge in [0.05, 0.1) is 5.02 Å². The van der Waals surface area contributed by atoms with Crippen LogP contribution >= 0.6 is 11.6 Å². The van der Waals surface area contributed by atoms with Crippen LogP contribution < -0.4 is 0 Å². The summed E-state index contributed by atoms with van der Waals surface area (Å²) in [5.41, 5.74) is 5.72. The van der Waals surface area contributed by atoms with Crippen LogP contribution in [0.4, 0.5) is 0 Å². The Morgan fingerprint density at radius 3 is 2.50 bits per heavy atom. The maximum Gasteiger partial charge on any atom is 0.116 e. The first-order valence-electron chi connectivity index (χ1n) is 7.38. The van der Waals surface area contributed by atoms with Gasteiger partial charge in [0.2, 0.25) is 0 Å². The van der Waals surface area contributed by atoms with Gasteiger partial charge in [0, 0.05) is 10.9 Å². The normalized spacial score (nSPS) is 12.5. The molecule has 22 heavy (non-hydrogen) atoms. The van der Waals surface area contributed by atoms with Crippen molar-refractivity contribution in [2.75, 3.05) is 0 Å². The molecule has 2 N–H and O–H groups in total. The minimum atomic E-state index is 0.256. The van der Waals surface area contributed by atoms with Gasteiger partial charge in [-0.3, -0.25) is 0 Å². The van der Waals surface area contributed by atoms with Crippen LogP contribution in [-0.2, 0) is 12.8 Å². The maximum absolute atomic E-state index is 9.82. The SMILES string of the molecule is CCc1c2c(c(Cl)c3ccc(O)cc13)-c1ccc(O)cc1C2. The molecule has 0 bridgehead atoms. The minimum absolute atomic E-state index is 0.256. The summed E-state index contributed by atoms with van der Waals surface area (Å²) in [4.78, 5) is 0. The average Bonchev–Trinajstić information content (AvgIpc) is 2.85. The fourth-order valence-corrected chi connectivity index (χ4v) is 3.97. The summed E-state index contributed by atoms with van der Waals surface area (Å²) in [6.45, 7) is 2.12. The Labute approximate surface area is 133 Å². The van der Waals surface area contributed by atoms with Crippen LogP contribution in [0, 0.1) is 0 Å². The largest absolute Gasteiger partial charge is 0.508 e. The van der Waals surface area contributed by atoms with Gasteiger partial charge in [-0.05, 0) is 70.8 Å². The van der Waals surface area contributed by atoms with E-state index in [2.05, 4.69) is 6.92 Å². The molecule has 2 nitrogen and oxygen atoms in total. The third kappa shape index (κ3) is 1.74. The Balaban J connectivity index is 2.14. The number of halogens is 1. The molecule has 0 aromatic heterocycles. The summed E-state index contributed by atoms with van der Waals surface area (Å²) >= 11 is 6.69. The van der Waals surface area contributed by atoms with Crippen molar-refractivity contribution in [2.24, 2.45) is 0 Å². The molecule has 0 amide bonds. The second kappa shape index (κ2) is 4.65. The van der Waals surface area contributed by atoms with Gasteiger partial charge < -0.3 is 10.2 Å². The van der Waals surface area contributed by atoms with Crippen molar-refractivity contribution in [3.8, 4) is 22.6 Å². The fourth-order valence-electron chi connectivity index (χ4n) is 3.59.